The van der Waals surface area contributed by atoms with Gasteiger partial charge in [0.15, 0.2) is 24.8 Å². The molecule has 0 fully saturated rings. The molecule has 0 radical (unpaired) electrons. The lowest BCUT2D eigenvalue weighted by Crippen LogP contribution is -3.00. The summed E-state index contributed by atoms with van der Waals surface area (Å²) in [7, 11) is 8.26. The quantitative estimate of drug-likeness (QED) is 0.288. The molecule has 0 N–H and O–H groups in total. The SMILES string of the molecule is CN(C)c1cc[n+](C(c2ccccc2)(c2ccccc2)[n+]2ccc(N(C)C)cc2)cc1.[Cl-].[Cl-]. The molecular formula is C27H30Cl2N4. The number of pyridine rings is 2. The Morgan fingerprint density at radius 2 is 0.788 bits per heavy atom. The molecule has 0 aliphatic carbocycles. The topological polar surface area (TPSA) is 14.2 Å². The Bertz CT molecular complexity index is 1020. The summed E-state index contributed by atoms with van der Waals surface area (Å²) in [5.41, 5.74) is 4.13. The van der Waals surface area contributed by atoms with Gasteiger partial charge in [-0.3, -0.25) is 0 Å². The molecule has 0 saturated heterocycles. The number of halogens is 2. The molecule has 0 amide bonds. The van der Waals surface area contributed by atoms with Gasteiger partial charge in [0.25, 0.3) is 0 Å². The fourth-order valence-electron chi connectivity index (χ4n) is 4.10. The fourth-order valence-corrected chi connectivity index (χ4v) is 4.10. The van der Waals surface area contributed by atoms with Crippen LogP contribution in [0.15, 0.2) is 110 Å². The van der Waals surface area contributed by atoms with Crippen molar-refractivity contribution in [3.63, 3.8) is 0 Å². The van der Waals surface area contributed by atoms with Crippen LogP contribution >= 0.6 is 0 Å². The third kappa shape index (κ3) is 4.97. The minimum absolute atomic E-state index is 0. The third-order valence-corrected chi connectivity index (χ3v) is 5.76. The van der Waals surface area contributed by atoms with Crippen LogP contribution in [0.4, 0.5) is 11.4 Å². The zero-order valence-corrected chi connectivity index (χ0v) is 20.9. The molecule has 4 rings (SSSR count). The monoisotopic (exact) mass is 480 g/mol. The molecule has 33 heavy (non-hydrogen) atoms. The predicted octanol–water partition coefficient (Wildman–Crippen LogP) is -2.30. The molecule has 0 spiro atoms. The number of nitrogens with zero attached hydrogens (tertiary/aromatic N) is 4. The van der Waals surface area contributed by atoms with Gasteiger partial charge in [-0.15, -0.1) is 9.13 Å². The first kappa shape index (κ1) is 26.2. The van der Waals surface area contributed by atoms with E-state index in [-0.39, 0.29) is 24.8 Å². The molecule has 4 nitrogen and oxygen atoms in total. The van der Waals surface area contributed by atoms with Crippen molar-refractivity contribution in [2.75, 3.05) is 38.0 Å². The highest BCUT2D eigenvalue weighted by atomic mass is 35.5. The molecule has 0 aliphatic heterocycles. The molecule has 4 aromatic rings. The number of hydrogen-bond acceptors (Lipinski definition) is 2. The molecule has 172 valence electrons. The second kappa shape index (κ2) is 11.2. The van der Waals surface area contributed by atoms with Gasteiger partial charge < -0.3 is 34.6 Å². The first-order chi connectivity index (χ1) is 15.0. The number of anilines is 2. The van der Waals surface area contributed by atoms with Crippen molar-refractivity contribution in [2.45, 2.75) is 5.66 Å². The summed E-state index contributed by atoms with van der Waals surface area (Å²) >= 11 is 0. The Labute approximate surface area is 209 Å². The van der Waals surface area contributed by atoms with Crippen molar-refractivity contribution in [3.05, 3.63) is 121 Å². The molecule has 0 bridgehead atoms. The Balaban J connectivity index is 0.00000193. The van der Waals surface area contributed by atoms with Crippen LogP contribution in [0, 0.1) is 0 Å². The lowest BCUT2D eigenvalue weighted by Gasteiger charge is -2.25. The molecular weight excluding hydrogens is 451 g/mol. The van der Waals surface area contributed by atoms with Crippen molar-refractivity contribution >= 4 is 11.4 Å². The van der Waals surface area contributed by atoms with Crippen LogP contribution in [-0.2, 0) is 5.66 Å². The normalized spacial score (nSPS) is 10.5. The average Bonchev–Trinajstić information content (AvgIpc) is 2.82. The Kier molecular flexibility index (Phi) is 8.86. The number of benzene rings is 2. The Morgan fingerprint density at radius 3 is 1.06 bits per heavy atom. The van der Waals surface area contributed by atoms with Crippen molar-refractivity contribution in [1.29, 1.82) is 0 Å². The molecule has 6 heteroatoms. The van der Waals surface area contributed by atoms with Crippen LogP contribution in [0.2, 0.25) is 0 Å². The standard InChI is InChI=1S/C27H30N4.2ClH/c1-28(2)25-15-19-30(20-16-25)27(23-11-7-5-8-12-23,24-13-9-6-10-14-24)31-21-17-26(18-22-31)29(3)4;;/h5-22H,1-4H3;2*1H/q+2;;/p-2. The van der Waals surface area contributed by atoms with E-state index >= 15 is 0 Å². The fraction of sp³-hybridized carbons (Fsp3) is 0.185. The molecule has 0 saturated carbocycles. The maximum atomic E-state index is 2.29. The van der Waals surface area contributed by atoms with Gasteiger partial charge in [0.05, 0.1) is 0 Å². The zero-order valence-electron chi connectivity index (χ0n) is 19.4. The number of rotatable bonds is 6. The van der Waals surface area contributed by atoms with E-state index in [1.807, 2.05) is 0 Å². The van der Waals surface area contributed by atoms with E-state index in [1.165, 1.54) is 22.5 Å². The van der Waals surface area contributed by atoms with E-state index in [0.29, 0.717) is 0 Å². The molecule has 0 unspecified atom stereocenters. The highest BCUT2D eigenvalue weighted by molar-refractivity contribution is 5.43. The van der Waals surface area contributed by atoms with Crippen LogP contribution in [-0.4, -0.2) is 28.2 Å². The summed E-state index contributed by atoms with van der Waals surface area (Å²) in [6.07, 6.45) is 8.68. The van der Waals surface area contributed by atoms with Gasteiger partial charge >= 0.3 is 5.66 Å². The van der Waals surface area contributed by atoms with E-state index < -0.39 is 5.66 Å². The van der Waals surface area contributed by atoms with Gasteiger partial charge in [-0.05, 0) is 24.3 Å². The van der Waals surface area contributed by atoms with Gasteiger partial charge in [0.1, 0.15) is 11.1 Å². The van der Waals surface area contributed by atoms with Crippen molar-refractivity contribution in [3.8, 4) is 0 Å². The predicted molar refractivity (Wildman–Crippen MR) is 126 cm³/mol. The van der Waals surface area contributed by atoms with Gasteiger partial charge in [-0.25, -0.2) is 0 Å². The lowest BCUT2D eigenvalue weighted by atomic mass is 9.89. The maximum Gasteiger partial charge on any atom is 0.414 e. The highest BCUT2D eigenvalue weighted by Gasteiger charge is 2.53. The van der Waals surface area contributed by atoms with E-state index in [2.05, 4.69) is 157 Å². The van der Waals surface area contributed by atoms with Crippen LogP contribution in [0.3, 0.4) is 0 Å². The third-order valence-electron chi connectivity index (χ3n) is 5.76. The highest BCUT2D eigenvalue weighted by Crippen LogP contribution is 2.27. The van der Waals surface area contributed by atoms with Crippen LogP contribution in [0.1, 0.15) is 11.1 Å². The summed E-state index contributed by atoms with van der Waals surface area (Å²) in [5, 5.41) is 0. The van der Waals surface area contributed by atoms with Crippen molar-refractivity contribution < 1.29 is 33.9 Å². The van der Waals surface area contributed by atoms with E-state index in [0.717, 1.165) is 0 Å². The van der Waals surface area contributed by atoms with Crippen LogP contribution in [0.5, 0.6) is 0 Å². The molecule has 0 aliphatic rings. The second-order valence-corrected chi connectivity index (χ2v) is 8.12. The second-order valence-electron chi connectivity index (χ2n) is 8.12. The summed E-state index contributed by atoms with van der Waals surface area (Å²) < 4.78 is 4.58. The van der Waals surface area contributed by atoms with E-state index in [9.17, 15) is 0 Å². The average molecular weight is 481 g/mol. The Hall–Kier alpha value is -3.08. The summed E-state index contributed by atoms with van der Waals surface area (Å²) in [5.74, 6) is 0. The summed E-state index contributed by atoms with van der Waals surface area (Å²) in [6.45, 7) is 0. The van der Waals surface area contributed by atoms with Crippen molar-refractivity contribution in [1.82, 2.24) is 0 Å². The zero-order chi connectivity index (χ0) is 21.8. The van der Waals surface area contributed by atoms with Gasteiger partial charge in [-0.1, -0.05) is 36.4 Å². The van der Waals surface area contributed by atoms with E-state index in [1.54, 1.807) is 0 Å². The summed E-state index contributed by atoms with van der Waals surface area (Å²) in [6, 6.07) is 30.0. The smallest absolute Gasteiger partial charge is 0.414 e. The minimum atomic E-state index is -0.571. The molecule has 0 atom stereocenters. The maximum absolute atomic E-state index is 2.29. The van der Waals surface area contributed by atoms with E-state index in [4.69, 9.17) is 0 Å². The largest absolute Gasteiger partial charge is 1.00 e. The van der Waals surface area contributed by atoms with Crippen LogP contribution < -0.4 is 43.7 Å². The first-order valence-electron chi connectivity index (χ1n) is 10.5. The van der Waals surface area contributed by atoms with Crippen LogP contribution in [0.25, 0.3) is 0 Å². The van der Waals surface area contributed by atoms with Gasteiger partial charge in [-0.2, -0.15) is 0 Å². The Morgan fingerprint density at radius 1 is 0.485 bits per heavy atom. The number of aromatic nitrogens is 2. The van der Waals surface area contributed by atoms with Gasteiger partial charge in [0.2, 0.25) is 0 Å². The molecule has 2 aromatic heterocycles. The van der Waals surface area contributed by atoms with Crippen molar-refractivity contribution in [2.24, 2.45) is 0 Å². The summed E-state index contributed by atoms with van der Waals surface area (Å²) in [4.78, 5) is 4.24. The number of hydrogen-bond donors (Lipinski definition) is 0. The molecule has 2 aromatic carbocycles. The first-order valence-corrected chi connectivity index (χ1v) is 10.5. The lowest BCUT2D eigenvalue weighted by molar-refractivity contribution is -0.972. The van der Waals surface area contributed by atoms with Gasteiger partial charge in [0, 0.05) is 63.8 Å². The molecule has 2 heterocycles. The minimum Gasteiger partial charge on any atom is -1.00 e.